The Bertz CT molecular complexity index is 712. The zero-order chi connectivity index (χ0) is 17.9. The molecule has 1 aromatic rings. The zero-order valence-electron chi connectivity index (χ0n) is 15.3. The van der Waals surface area contributed by atoms with E-state index < -0.39 is 0 Å². The highest BCUT2D eigenvalue weighted by molar-refractivity contribution is 5.94. The number of carbonyl (C=O) groups excluding carboxylic acids is 1. The van der Waals surface area contributed by atoms with Gasteiger partial charge in [0.25, 0.3) is 0 Å². The van der Waals surface area contributed by atoms with Crippen molar-refractivity contribution in [3.05, 3.63) is 47.7 Å². The number of carbonyl (C=O) groups is 1. The molecule has 138 valence electrons. The van der Waals surface area contributed by atoms with Crippen LogP contribution in [-0.4, -0.2) is 48.0 Å². The number of nitrogens with two attached hydrogens (primary N) is 1. The van der Waals surface area contributed by atoms with Gasteiger partial charge in [0.1, 0.15) is 5.82 Å². The van der Waals surface area contributed by atoms with E-state index in [0.717, 1.165) is 50.2 Å². The molecule has 1 saturated heterocycles. The number of nitrogens with zero attached hydrogens (tertiary/aromatic N) is 3. The molecule has 4 rings (SSSR count). The first-order valence-corrected chi connectivity index (χ1v) is 9.85. The van der Waals surface area contributed by atoms with Crippen LogP contribution in [0.3, 0.4) is 0 Å². The molecule has 1 atom stereocenters. The lowest BCUT2D eigenvalue weighted by Crippen LogP contribution is -2.50. The van der Waals surface area contributed by atoms with Gasteiger partial charge in [-0.3, -0.25) is 9.69 Å². The van der Waals surface area contributed by atoms with Crippen molar-refractivity contribution in [2.75, 3.05) is 31.1 Å². The molecule has 2 fully saturated rings. The van der Waals surface area contributed by atoms with Crippen molar-refractivity contribution in [2.45, 2.75) is 44.1 Å². The van der Waals surface area contributed by atoms with E-state index in [0.29, 0.717) is 5.57 Å². The van der Waals surface area contributed by atoms with Gasteiger partial charge in [-0.25, -0.2) is 4.98 Å². The third kappa shape index (κ3) is 3.54. The molecule has 5 nitrogen and oxygen atoms in total. The lowest BCUT2D eigenvalue weighted by atomic mass is 9.88. The summed E-state index contributed by atoms with van der Waals surface area (Å²) in [5.74, 6) is 0.640. The maximum Gasteiger partial charge on any atom is 0.245 e. The van der Waals surface area contributed by atoms with Crippen LogP contribution in [0.4, 0.5) is 5.82 Å². The summed E-state index contributed by atoms with van der Waals surface area (Å²) in [7, 11) is 0. The van der Waals surface area contributed by atoms with Crippen LogP contribution in [0.1, 0.15) is 43.7 Å². The fraction of sp³-hybridized carbons (Fsp3) is 0.524. The number of allylic oxidation sites excluding steroid dienone is 3. The molecule has 3 aliphatic rings. The second-order valence-corrected chi connectivity index (χ2v) is 7.58. The Hall–Kier alpha value is -2.14. The largest absolute Gasteiger partial charge is 0.366 e. The van der Waals surface area contributed by atoms with E-state index in [-0.39, 0.29) is 11.8 Å². The minimum atomic E-state index is -0.350. The van der Waals surface area contributed by atoms with Crippen LogP contribution in [0.25, 0.3) is 0 Å². The number of pyridine rings is 1. The quantitative estimate of drug-likeness (QED) is 0.905. The maximum absolute atomic E-state index is 11.8. The summed E-state index contributed by atoms with van der Waals surface area (Å²) in [6.45, 7) is 4.29. The Labute approximate surface area is 155 Å². The van der Waals surface area contributed by atoms with Crippen LogP contribution in [0, 0.1) is 0 Å². The van der Waals surface area contributed by atoms with Crippen molar-refractivity contribution in [1.29, 1.82) is 0 Å². The average molecular weight is 352 g/mol. The molecule has 0 aromatic carbocycles. The highest BCUT2D eigenvalue weighted by Gasteiger charge is 2.27. The number of anilines is 1. The van der Waals surface area contributed by atoms with Crippen LogP contribution in [0.5, 0.6) is 0 Å². The van der Waals surface area contributed by atoms with Crippen molar-refractivity contribution in [1.82, 2.24) is 9.88 Å². The van der Waals surface area contributed by atoms with E-state index >= 15 is 0 Å². The lowest BCUT2D eigenvalue weighted by molar-refractivity contribution is -0.114. The smallest absolute Gasteiger partial charge is 0.245 e. The van der Waals surface area contributed by atoms with E-state index in [9.17, 15) is 4.79 Å². The van der Waals surface area contributed by atoms with Gasteiger partial charge in [-0.1, -0.05) is 37.1 Å². The molecule has 2 heterocycles. The van der Waals surface area contributed by atoms with Gasteiger partial charge in [-0.05, 0) is 31.4 Å². The summed E-state index contributed by atoms with van der Waals surface area (Å²) in [5, 5.41) is 0. The minimum absolute atomic E-state index is 0.0303. The molecule has 2 N–H and O–H groups in total. The summed E-state index contributed by atoms with van der Waals surface area (Å²) < 4.78 is 0. The summed E-state index contributed by atoms with van der Waals surface area (Å²) in [6.07, 6.45) is 12.1. The monoisotopic (exact) mass is 352 g/mol. The van der Waals surface area contributed by atoms with Crippen LogP contribution in [0.2, 0.25) is 0 Å². The summed E-state index contributed by atoms with van der Waals surface area (Å²) in [5.41, 5.74) is 7.16. The predicted octanol–water partition coefficient (Wildman–Crippen LogP) is 2.60. The second-order valence-electron chi connectivity index (χ2n) is 7.58. The van der Waals surface area contributed by atoms with E-state index in [1.807, 2.05) is 18.2 Å². The van der Waals surface area contributed by atoms with E-state index in [1.165, 1.54) is 25.7 Å². The fourth-order valence-corrected chi connectivity index (χ4v) is 4.56. The van der Waals surface area contributed by atoms with Crippen molar-refractivity contribution >= 4 is 11.7 Å². The average Bonchev–Trinajstić information content (AvgIpc) is 3.23. The van der Waals surface area contributed by atoms with Crippen LogP contribution in [-0.2, 0) is 4.79 Å². The molecule has 1 saturated carbocycles. The minimum Gasteiger partial charge on any atom is -0.366 e. The molecular formula is C21H28N4O. The summed E-state index contributed by atoms with van der Waals surface area (Å²) in [4.78, 5) is 21.7. The van der Waals surface area contributed by atoms with Crippen LogP contribution in [0.15, 0.2) is 42.0 Å². The number of aromatic nitrogens is 1. The third-order valence-electron chi connectivity index (χ3n) is 6.04. The second kappa shape index (κ2) is 7.62. The van der Waals surface area contributed by atoms with Gasteiger partial charge in [-0.15, -0.1) is 0 Å². The Morgan fingerprint density at radius 3 is 2.62 bits per heavy atom. The van der Waals surface area contributed by atoms with Gasteiger partial charge < -0.3 is 10.6 Å². The summed E-state index contributed by atoms with van der Waals surface area (Å²) >= 11 is 0. The first-order chi connectivity index (χ1) is 12.7. The predicted molar refractivity (Wildman–Crippen MR) is 104 cm³/mol. The normalized spacial score (nSPS) is 24.7. The van der Waals surface area contributed by atoms with Gasteiger partial charge in [0.15, 0.2) is 0 Å². The molecule has 1 aromatic heterocycles. The van der Waals surface area contributed by atoms with Crippen molar-refractivity contribution in [3.8, 4) is 0 Å². The van der Waals surface area contributed by atoms with E-state index in [2.05, 4.69) is 28.0 Å². The highest BCUT2D eigenvalue weighted by Crippen LogP contribution is 2.31. The number of amides is 1. The van der Waals surface area contributed by atoms with Crippen molar-refractivity contribution in [3.63, 3.8) is 0 Å². The molecule has 0 radical (unpaired) electrons. The number of hydrogen-bond acceptors (Lipinski definition) is 4. The standard InChI is InChI=1S/C21H28N4O/c22-21(26)18-9-4-3-8-17(18)19-10-5-11-20(23-19)25-14-12-24(13-15-25)16-6-1-2-7-16/h3-5,9-11,16-17H,1-2,6-8,12-15H2,(H2,22,26). The maximum atomic E-state index is 11.8. The van der Waals surface area contributed by atoms with E-state index in [4.69, 9.17) is 10.7 Å². The van der Waals surface area contributed by atoms with Gasteiger partial charge in [0.2, 0.25) is 5.91 Å². The van der Waals surface area contributed by atoms with Crippen molar-refractivity contribution in [2.24, 2.45) is 5.73 Å². The first-order valence-electron chi connectivity index (χ1n) is 9.85. The molecule has 1 amide bonds. The van der Waals surface area contributed by atoms with Crippen LogP contribution >= 0.6 is 0 Å². The number of hydrogen-bond donors (Lipinski definition) is 1. The molecule has 0 bridgehead atoms. The van der Waals surface area contributed by atoms with Crippen molar-refractivity contribution < 1.29 is 4.79 Å². The van der Waals surface area contributed by atoms with E-state index in [1.54, 1.807) is 0 Å². The molecule has 2 aliphatic carbocycles. The molecular weight excluding hydrogens is 324 g/mol. The third-order valence-corrected chi connectivity index (χ3v) is 6.04. The van der Waals surface area contributed by atoms with Gasteiger partial charge in [0.05, 0.1) is 5.69 Å². The molecule has 1 unspecified atom stereocenters. The zero-order valence-corrected chi connectivity index (χ0v) is 15.3. The van der Waals surface area contributed by atoms with Gasteiger partial charge >= 0.3 is 0 Å². The number of primary amides is 1. The Morgan fingerprint density at radius 1 is 1.12 bits per heavy atom. The molecule has 5 heteroatoms. The Balaban J connectivity index is 1.46. The highest BCUT2D eigenvalue weighted by atomic mass is 16.1. The SMILES string of the molecule is NC(=O)C1=CC=CCC1c1cccc(N2CCN(C3CCCC3)CC2)n1. The number of piperazine rings is 1. The van der Waals surface area contributed by atoms with Gasteiger partial charge in [-0.2, -0.15) is 0 Å². The first kappa shape index (κ1) is 17.3. The van der Waals surface area contributed by atoms with Crippen LogP contribution < -0.4 is 10.6 Å². The summed E-state index contributed by atoms with van der Waals surface area (Å²) in [6, 6.07) is 6.95. The van der Waals surface area contributed by atoms with Gasteiger partial charge in [0, 0.05) is 43.7 Å². The fourth-order valence-electron chi connectivity index (χ4n) is 4.56. The molecule has 0 spiro atoms. The number of rotatable bonds is 4. The Morgan fingerprint density at radius 2 is 1.88 bits per heavy atom. The Kier molecular flexibility index (Phi) is 5.07. The topological polar surface area (TPSA) is 62.5 Å². The molecule has 26 heavy (non-hydrogen) atoms. The molecule has 1 aliphatic heterocycles. The lowest BCUT2D eigenvalue weighted by Gasteiger charge is -2.38.